The van der Waals surface area contributed by atoms with E-state index in [4.69, 9.17) is 21.2 Å². The standard InChI is InChI=1S/C18H20N2O4S/c1-19-16(18(21)22)12-15-10-13-4-5-14(11-17(13)25-15)20(2)6-7-24-9-8-23-3/h4-5,10-12H,6-9H2,2-3H3,(H,21,22)/b16-12-. The summed E-state index contributed by atoms with van der Waals surface area (Å²) < 4.78 is 11.5. The Hall–Kier alpha value is -2.40. The number of carboxylic acids is 1. The second-order valence-electron chi connectivity index (χ2n) is 5.34. The molecule has 2 aromatic rings. The predicted octanol–water partition coefficient (Wildman–Crippen LogP) is 3.35. The van der Waals surface area contributed by atoms with Crippen molar-refractivity contribution in [2.45, 2.75) is 0 Å². The molecule has 1 heterocycles. The van der Waals surface area contributed by atoms with Gasteiger partial charge in [0.25, 0.3) is 5.70 Å². The van der Waals surface area contributed by atoms with Crippen LogP contribution in [0.15, 0.2) is 30.0 Å². The molecule has 0 spiro atoms. The van der Waals surface area contributed by atoms with Gasteiger partial charge in [0.15, 0.2) is 0 Å². The average molecular weight is 360 g/mol. The van der Waals surface area contributed by atoms with Gasteiger partial charge in [0.2, 0.25) is 0 Å². The minimum Gasteiger partial charge on any atom is -0.486 e. The van der Waals surface area contributed by atoms with Crippen molar-refractivity contribution in [3.05, 3.63) is 46.3 Å². The van der Waals surface area contributed by atoms with Crippen LogP contribution in [0.2, 0.25) is 0 Å². The Bertz CT molecular complexity index is 807. The molecular formula is C18H20N2O4S. The monoisotopic (exact) mass is 360 g/mol. The van der Waals surface area contributed by atoms with Crippen molar-refractivity contribution in [2.75, 3.05) is 45.4 Å². The number of methoxy groups -OCH3 is 1. The largest absolute Gasteiger partial charge is 0.486 e. The van der Waals surface area contributed by atoms with Crippen LogP contribution in [0.1, 0.15) is 4.88 Å². The molecule has 0 atom stereocenters. The summed E-state index contributed by atoms with van der Waals surface area (Å²) in [5.74, 6) is -1.21. The summed E-state index contributed by atoms with van der Waals surface area (Å²) >= 11 is 1.47. The molecule has 0 aliphatic heterocycles. The Morgan fingerprint density at radius 2 is 2.16 bits per heavy atom. The smallest absolute Gasteiger partial charge is 0.333 e. The minimum absolute atomic E-state index is 0.280. The van der Waals surface area contributed by atoms with Crippen molar-refractivity contribution in [3.8, 4) is 0 Å². The van der Waals surface area contributed by atoms with Crippen molar-refractivity contribution in [1.82, 2.24) is 0 Å². The Labute approximate surface area is 150 Å². The van der Waals surface area contributed by atoms with Gasteiger partial charge in [-0.2, -0.15) is 0 Å². The van der Waals surface area contributed by atoms with E-state index in [1.807, 2.05) is 25.2 Å². The Morgan fingerprint density at radius 3 is 2.84 bits per heavy atom. The van der Waals surface area contributed by atoms with Crippen molar-refractivity contribution in [1.29, 1.82) is 0 Å². The molecule has 0 saturated carbocycles. The maximum atomic E-state index is 11.0. The molecule has 0 unspecified atom stereocenters. The molecule has 1 N–H and O–H groups in total. The summed E-state index contributed by atoms with van der Waals surface area (Å²) in [4.78, 5) is 16.9. The lowest BCUT2D eigenvalue weighted by Gasteiger charge is -2.19. The molecule has 0 saturated heterocycles. The number of benzene rings is 1. The normalized spacial score (nSPS) is 11.5. The van der Waals surface area contributed by atoms with E-state index in [0.29, 0.717) is 19.8 Å². The van der Waals surface area contributed by atoms with E-state index in [1.165, 1.54) is 17.4 Å². The van der Waals surface area contributed by atoms with E-state index in [2.05, 4.69) is 15.8 Å². The van der Waals surface area contributed by atoms with Crippen molar-refractivity contribution in [2.24, 2.45) is 0 Å². The second-order valence-corrected chi connectivity index (χ2v) is 6.46. The SMILES string of the molecule is [C-]#[N+]/C(=C\c1cc2ccc(N(C)CCOCCOC)cc2s1)C(=O)O. The molecule has 0 bridgehead atoms. The number of aliphatic carboxylic acids is 1. The summed E-state index contributed by atoms with van der Waals surface area (Å²) in [6.45, 7) is 9.47. The Balaban J connectivity index is 2.09. The summed E-state index contributed by atoms with van der Waals surface area (Å²) in [7, 11) is 3.64. The molecule has 0 fully saturated rings. The molecule has 2 rings (SSSR count). The summed E-state index contributed by atoms with van der Waals surface area (Å²) in [6.07, 6.45) is 1.41. The number of anilines is 1. The highest BCUT2D eigenvalue weighted by Crippen LogP contribution is 2.30. The maximum absolute atomic E-state index is 11.0. The third-order valence-corrected chi connectivity index (χ3v) is 4.63. The zero-order valence-corrected chi connectivity index (χ0v) is 15.0. The van der Waals surface area contributed by atoms with Crippen LogP contribution >= 0.6 is 11.3 Å². The lowest BCUT2D eigenvalue weighted by Crippen LogP contribution is -2.23. The van der Waals surface area contributed by atoms with Gasteiger partial charge in [0.05, 0.1) is 26.4 Å². The second kappa shape index (κ2) is 9.18. The van der Waals surface area contributed by atoms with Crippen LogP contribution in [0.3, 0.4) is 0 Å². The van der Waals surface area contributed by atoms with Gasteiger partial charge in [-0.3, -0.25) is 4.79 Å². The Morgan fingerprint density at radius 1 is 1.36 bits per heavy atom. The van der Waals surface area contributed by atoms with Crippen molar-refractivity contribution < 1.29 is 19.4 Å². The first-order chi connectivity index (χ1) is 12.0. The topological polar surface area (TPSA) is 63.4 Å². The number of thiophene rings is 1. The molecule has 0 amide bonds. The van der Waals surface area contributed by atoms with Gasteiger partial charge >= 0.3 is 5.97 Å². The van der Waals surface area contributed by atoms with E-state index in [-0.39, 0.29) is 5.70 Å². The highest BCUT2D eigenvalue weighted by atomic mass is 32.1. The molecule has 0 aliphatic carbocycles. The van der Waals surface area contributed by atoms with Crippen LogP contribution in [0.5, 0.6) is 0 Å². The summed E-state index contributed by atoms with van der Waals surface area (Å²) in [5.41, 5.74) is 0.779. The van der Waals surface area contributed by atoms with E-state index in [0.717, 1.165) is 27.2 Å². The van der Waals surface area contributed by atoms with Crippen molar-refractivity contribution in [3.63, 3.8) is 0 Å². The van der Waals surface area contributed by atoms with Crippen LogP contribution in [0.4, 0.5) is 5.69 Å². The van der Waals surface area contributed by atoms with Crippen LogP contribution in [-0.2, 0) is 14.3 Å². The first-order valence-corrected chi connectivity index (χ1v) is 8.50. The molecule has 132 valence electrons. The molecular weight excluding hydrogens is 340 g/mol. The molecule has 1 aromatic carbocycles. The summed E-state index contributed by atoms with van der Waals surface area (Å²) in [5, 5.41) is 9.99. The lowest BCUT2D eigenvalue weighted by atomic mass is 10.2. The Kier molecular flexibility index (Phi) is 6.95. The number of rotatable bonds is 9. The molecule has 1 aromatic heterocycles. The van der Waals surface area contributed by atoms with E-state index in [1.54, 1.807) is 7.11 Å². The number of hydrogen-bond donors (Lipinski definition) is 1. The average Bonchev–Trinajstić information content (AvgIpc) is 3.00. The maximum Gasteiger partial charge on any atom is 0.333 e. The van der Waals surface area contributed by atoms with Gasteiger partial charge in [-0.05, 0) is 29.7 Å². The van der Waals surface area contributed by atoms with Gasteiger partial charge in [-0.1, -0.05) is 6.07 Å². The van der Waals surface area contributed by atoms with Gasteiger partial charge < -0.3 is 19.5 Å². The highest BCUT2D eigenvalue weighted by molar-refractivity contribution is 7.19. The van der Waals surface area contributed by atoms with Crippen molar-refractivity contribution >= 4 is 39.2 Å². The summed E-state index contributed by atoms with van der Waals surface area (Å²) in [6, 6.07) is 7.97. The number of hydrogen-bond acceptors (Lipinski definition) is 5. The molecule has 0 radical (unpaired) electrons. The van der Waals surface area contributed by atoms with Crippen LogP contribution < -0.4 is 4.90 Å². The quantitative estimate of drug-likeness (QED) is 0.422. The number of fused-ring (bicyclic) bond motifs is 1. The fourth-order valence-corrected chi connectivity index (χ4v) is 3.24. The zero-order valence-electron chi connectivity index (χ0n) is 14.2. The minimum atomic E-state index is -1.21. The van der Waals surface area contributed by atoms with E-state index < -0.39 is 5.97 Å². The number of carboxylic acid groups (broad SMARTS) is 1. The lowest BCUT2D eigenvalue weighted by molar-refractivity contribution is -0.132. The molecule has 0 aliphatic rings. The van der Waals surface area contributed by atoms with E-state index >= 15 is 0 Å². The fourth-order valence-electron chi connectivity index (χ4n) is 2.20. The van der Waals surface area contributed by atoms with Gasteiger partial charge in [-0.15, -0.1) is 11.3 Å². The first-order valence-electron chi connectivity index (χ1n) is 7.69. The van der Waals surface area contributed by atoms with Crippen LogP contribution in [0.25, 0.3) is 21.0 Å². The third kappa shape index (κ3) is 5.29. The molecule has 7 heteroatoms. The van der Waals surface area contributed by atoms with E-state index in [9.17, 15) is 4.79 Å². The molecule has 25 heavy (non-hydrogen) atoms. The van der Waals surface area contributed by atoms with Gasteiger partial charge in [-0.25, -0.2) is 4.85 Å². The number of carbonyl (C=O) groups is 1. The predicted molar refractivity (Wildman–Crippen MR) is 100 cm³/mol. The zero-order chi connectivity index (χ0) is 18.2. The number of ether oxygens (including phenoxy) is 2. The van der Waals surface area contributed by atoms with Crippen LogP contribution in [-0.4, -0.2) is 51.6 Å². The van der Waals surface area contributed by atoms with Crippen LogP contribution in [0, 0.1) is 6.57 Å². The first kappa shape index (κ1) is 18.9. The molecule has 6 nitrogen and oxygen atoms in total. The highest BCUT2D eigenvalue weighted by Gasteiger charge is 2.09. The number of likely N-dealkylation sites (N-methyl/N-ethyl adjacent to an activating group) is 1. The number of nitrogens with zero attached hydrogens (tertiary/aromatic N) is 2. The fraction of sp³-hybridized carbons (Fsp3) is 0.333. The van der Waals surface area contributed by atoms with Gasteiger partial charge in [0.1, 0.15) is 0 Å². The van der Waals surface area contributed by atoms with Gasteiger partial charge in [0, 0.05) is 36.0 Å². The third-order valence-electron chi connectivity index (χ3n) is 3.58.